The number of hydrogen-bond donors (Lipinski definition) is 1. The maximum atomic E-state index is 5.58. The first-order chi connectivity index (χ1) is 8.25. The van der Waals surface area contributed by atoms with E-state index in [4.69, 9.17) is 5.73 Å². The van der Waals surface area contributed by atoms with E-state index in [0.717, 1.165) is 11.3 Å². The molecule has 0 atom stereocenters. The van der Waals surface area contributed by atoms with Gasteiger partial charge in [-0.1, -0.05) is 6.07 Å². The lowest BCUT2D eigenvalue weighted by Crippen LogP contribution is -2.00. The van der Waals surface area contributed by atoms with E-state index in [1.54, 1.807) is 23.0 Å². The largest absolute Gasteiger partial charge is 0.366 e. The molecule has 6 nitrogen and oxygen atoms in total. The lowest BCUT2D eigenvalue weighted by atomic mass is 10.2. The van der Waals surface area contributed by atoms with Crippen molar-refractivity contribution in [1.29, 1.82) is 0 Å². The van der Waals surface area contributed by atoms with Crippen molar-refractivity contribution in [3.8, 4) is 11.5 Å². The molecule has 0 radical (unpaired) electrons. The molecule has 17 heavy (non-hydrogen) atoms. The number of nitrogens with zero attached hydrogens (tertiary/aromatic N) is 5. The molecule has 2 N–H and O–H groups in total. The lowest BCUT2D eigenvalue weighted by molar-refractivity contribution is 0.928. The van der Waals surface area contributed by atoms with Gasteiger partial charge in [0.25, 0.3) is 0 Å². The van der Waals surface area contributed by atoms with Crippen LogP contribution in [0, 0.1) is 6.92 Å². The molecule has 0 bridgehead atoms. The van der Waals surface area contributed by atoms with E-state index in [1.165, 1.54) is 0 Å². The van der Waals surface area contributed by atoms with Gasteiger partial charge in [0.1, 0.15) is 5.69 Å². The van der Waals surface area contributed by atoms with Gasteiger partial charge in [0.15, 0.2) is 11.5 Å². The van der Waals surface area contributed by atoms with Crippen LogP contribution < -0.4 is 5.73 Å². The second-order valence-electron chi connectivity index (χ2n) is 3.68. The molecular weight excluding hydrogens is 216 g/mol. The first-order valence-electron chi connectivity index (χ1n) is 5.15. The highest BCUT2D eigenvalue weighted by Crippen LogP contribution is 2.18. The third-order valence-corrected chi connectivity index (χ3v) is 2.49. The summed E-state index contributed by atoms with van der Waals surface area (Å²) in [5.74, 6) is 0.873. The van der Waals surface area contributed by atoms with Crippen LogP contribution in [0.1, 0.15) is 5.56 Å². The minimum atomic E-state index is 0.229. The lowest BCUT2D eigenvalue weighted by Gasteiger charge is -2.04. The summed E-state index contributed by atoms with van der Waals surface area (Å²) in [6.07, 6.45) is 3.40. The number of nitrogens with two attached hydrogens (primary N) is 1. The summed E-state index contributed by atoms with van der Waals surface area (Å²) in [7, 11) is 0. The van der Waals surface area contributed by atoms with Gasteiger partial charge in [-0.05, 0) is 18.6 Å². The van der Waals surface area contributed by atoms with E-state index in [1.807, 2.05) is 19.1 Å². The molecule has 0 amide bonds. The highest BCUT2D eigenvalue weighted by Gasteiger charge is 2.11. The molecular formula is C11H10N6. The van der Waals surface area contributed by atoms with Crippen molar-refractivity contribution < 1.29 is 0 Å². The topological polar surface area (TPSA) is 82.0 Å². The van der Waals surface area contributed by atoms with E-state index in [2.05, 4.69) is 20.1 Å². The van der Waals surface area contributed by atoms with Crippen LogP contribution in [0.4, 0.5) is 5.95 Å². The smallest absolute Gasteiger partial charge is 0.240 e. The fourth-order valence-electron chi connectivity index (χ4n) is 1.71. The normalized spacial score (nSPS) is 10.9. The van der Waals surface area contributed by atoms with Gasteiger partial charge in [-0.3, -0.25) is 4.98 Å². The first kappa shape index (κ1) is 9.71. The van der Waals surface area contributed by atoms with Gasteiger partial charge in [0.05, 0.1) is 0 Å². The molecule has 84 valence electrons. The number of anilines is 1. The number of aryl methyl sites for hydroxylation is 1. The molecule has 3 aromatic heterocycles. The van der Waals surface area contributed by atoms with Crippen LogP contribution in [0.3, 0.4) is 0 Å². The van der Waals surface area contributed by atoms with Crippen LogP contribution in [0.5, 0.6) is 0 Å². The Morgan fingerprint density at radius 2 is 2.06 bits per heavy atom. The number of rotatable bonds is 1. The van der Waals surface area contributed by atoms with Gasteiger partial charge in [0, 0.05) is 18.5 Å². The molecule has 0 aliphatic carbocycles. The monoisotopic (exact) mass is 226 g/mol. The van der Waals surface area contributed by atoms with Crippen LogP contribution in [-0.4, -0.2) is 24.6 Å². The summed E-state index contributed by atoms with van der Waals surface area (Å²) in [6.45, 7) is 1.98. The second kappa shape index (κ2) is 3.51. The molecule has 3 rings (SSSR count). The fraction of sp³-hybridized carbons (Fsp3) is 0.0909. The molecule has 3 aromatic rings. The average molecular weight is 226 g/mol. The van der Waals surface area contributed by atoms with Crippen LogP contribution in [0.25, 0.3) is 17.2 Å². The predicted molar refractivity (Wildman–Crippen MR) is 63.2 cm³/mol. The molecule has 0 saturated carbocycles. The minimum Gasteiger partial charge on any atom is -0.366 e. The van der Waals surface area contributed by atoms with Gasteiger partial charge < -0.3 is 5.73 Å². The Hall–Kier alpha value is -2.50. The van der Waals surface area contributed by atoms with Gasteiger partial charge in [-0.15, -0.1) is 5.10 Å². The number of pyridine rings is 1. The molecule has 0 fully saturated rings. The number of fused-ring (bicyclic) bond motifs is 1. The summed E-state index contributed by atoms with van der Waals surface area (Å²) in [5.41, 5.74) is 8.06. The maximum absolute atomic E-state index is 5.58. The number of nitrogen functional groups attached to an aromatic ring is 1. The standard InChI is InChI=1S/C11H10N6/c1-7-3-2-5-13-9(7)10-14-6-4-8-15-11(12)16-17(8)10/h2-6H,1H3,(H2,12,16). The Balaban J connectivity index is 2.34. The van der Waals surface area contributed by atoms with Crippen molar-refractivity contribution >= 4 is 11.6 Å². The Kier molecular flexibility index (Phi) is 2.01. The van der Waals surface area contributed by atoms with Crippen LogP contribution in [0.2, 0.25) is 0 Å². The van der Waals surface area contributed by atoms with Gasteiger partial charge in [-0.2, -0.15) is 9.50 Å². The Labute approximate surface area is 97.2 Å². The minimum absolute atomic E-state index is 0.229. The fourth-order valence-corrected chi connectivity index (χ4v) is 1.71. The van der Waals surface area contributed by atoms with E-state index >= 15 is 0 Å². The molecule has 0 unspecified atom stereocenters. The van der Waals surface area contributed by atoms with E-state index in [0.29, 0.717) is 11.5 Å². The molecule has 0 aliphatic rings. The molecule has 0 aromatic carbocycles. The second-order valence-corrected chi connectivity index (χ2v) is 3.68. The summed E-state index contributed by atoms with van der Waals surface area (Å²) in [6, 6.07) is 5.61. The van der Waals surface area contributed by atoms with Crippen molar-refractivity contribution in [3.05, 3.63) is 36.2 Å². The van der Waals surface area contributed by atoms with Crippen LogP contribution >= 0.6 is 0 Å². The maximum Gasteiger partial charge on any atom is 0.240 e. The summed E-state index contributed by atoms with van der Waals surface area (Å²) >= 11 is 0. The molecule has 3 heterocycles. The first-order valence-corrected chi connectivity index (χ1v) is 5.15. The third kappa shape index (κ3) is 1.50. The van der Waals surface area contributed by atoms with E-state index < -0.39 is 0 Å². The van der Waals surface area contributed by atoms with Gasteiger partial charge in [-0.25, -0.2) is 4.98 Å². The molecule has 0 saturated heterocycles. The molecule has 0 spiro atoms. The molecule has 0 aliphatic heterocycles. The third-order valence-electron chi connectivity index (χ3n) is 2.49. The summed E-state index contributed by atoms with van der Waals surface area (Å²) < 4.78 is 1.60. The van der Waals surface area contributed by atoms with Crippen molar-refractivity contribution in [2.24, 2.45) is 0 Å². The number of hydrogen-bond acceptors (Lipinski definition) is 5. The zero-order valence-electron chi connectivity index (χ0n) is 9.20. The highest BCUT2D eigenvalue weighted by atomic mass is 15.3. The van der Waals surface area contributed by atoms with E-state index in [9.17, 15) is 0 Å². The number of aromatic nitrogens is 5. The Morgan fingerprint density at radius 1 is 1.18 bits per heavy atom. The van der Waals surface area contributed by atoms with Gasteiger partial charge in [0.2, 0.25) is 5.95 Å². The predicted octanol–water partition coefficient (Wildman–Crippen LogP) is 1.08. The van der Waals surface area contributed by atoms with Gasteiger partial charge >= 0.3 is 0 Å². The zero-order chi connectivity index (χ0) is 11.8. The van der Waals surface area contributed by atoms with Crippen LogP contribution in [-0.2, 0) is 0 Å². The Morgan fingerprint density at radius 3 is 2.88 bits per heavy atom. The van der Waals surface area contributed by atoms with Crippen LogP contribution in [0.15, 0.2) is 30.6 Å². The summed E-state index contributed by atoms with van der Waals surface area (Å²) in [4.78, 5) is 12.7. The van der Waals surface area contributed by atoms with Crippen molar-refractivity contribution in [2.75, 3.05) is 5.73 Å². The SMILES string of the molecule is Cc1cccnc1-c1nccc2nc(N)nn12. The summed E-state index contributed by atoms with van der Waals surface area (Å²) in [5, 5.41) is 4.11. The quantitative estimate of drug-likeness (QED) is 0.671. The Bertz CT molecular complexity index is 687. The van der Waals surface area contributed by atoms with Crippen molar-refractivity contribution in [2.45, 2.75) is 6.92 Å². The average Bonchev–Trinajstić information content (AvgIpc) is 2.70. The van der Waals surface area contributed by atoms with E-state index in [-0.39, 0.29) is 5.95 Å². The molecule has 6 heteroatoms. The highest BCUT2D eigenvalue weighted by molar-refractivity contribution is 5.58. The van der Waals surface area contributed by atoms with Crippen molar-refractivity contribution in [3.63, 3.8) is 0 Å². The zero-order valence-corrected chi connectivity index (χ0v) is 9.20. The van der Waals surface area contributed by atoms with Crippen molar-refractivity contribution in [1.82, 2.24) is 24.6 Å².